The Balaban J connectivity index is 1.92. The first kappa shape index (κ1) is 12.5. The second kappa shape index (κ2) is 5.57. The van der Waals surface area contributed by atoms with E-state index in [4.69, 9.17) is 4.74 Å². The monoisotopic (exact) mass is 255 g/mol. The van der Waals surface area contributed by atoms with Crippen LogP contribution in [0, 0.1) is 5.92 Å². The molecule has 3 atom stereocenters. The lowest BCUT2D eigenvalue weighted by atomic mass is 10.0. The van der Waals surface area contributed by atoms with Crippen LogP contribution < -0.4 is 10.6 Å². The van der Waals surface area contributed by atoms with Crippen LogP contribution >= 0.6 is 11.3 Å². The fraction of sp³-hybridized carbons (Fsp3) is 0.636. The van der Waals surface area contributed by atoms with Gasteiger partial charge in [-0.3, -0.25) is 4.79 Å². The third-order valence-corrected chi connectivity index (χ3v) is 3.93. The van der Waals surface area contributed by atoms with E-state index in [0.717, 1.165) is 5.01 Å². The minimum absolute atomic E-state index is 0.0320. The summed E-state index contributed by atoms with van der Waals surface area (Å²) in [5.74, 6) is -0.0769. The molecule has 1 aliphatic heterocycles. The van der Waals surface area contributed by atoms with Gasteiger partial charge in [0.25, 0.3) is 0 Å². The van der Waals surface area contributed by atoms with E-state index >= 15 is 0 Å². The summed E-state index contributed by atoms with van der Waals surface area (Å²) in [6.07, 6.45) is 1.75. The van der Waals surface area contributed by atoms with Crippen LogP contribution in [0.15, 0.2) is 11.6 Å². The first-order valence-corrected chi connectivity index (χ1v) is 6.55. The first-order valence-electron chi connectivity index (χ1n) is 5.67. The number of likely N-dealkylation sites (N-methyl/N-ethyl adjacent to an activating group) is 1. The second-order valence-electron chi connectivity index (χ2n) is 4.14. The molecular weight excluding hydrogens is 238 g/mol. The molecule has 1 aromatic rings. The summed E-state index contributed by atoms with van der Waals surface area (Å²) in [5, 5.41) is 8.92. The summed E-state index contributed by atoms with van der Waals surface area (Å²) in [5.41, 5.74) is 0. The topological polar surface area (TPSA) is 63.2 Å². The van der Waals surface area contributed by atoms with Gasteiger partial charge in [0.2, 0.25) is 5.91 Å². The molecule has 2 heterocycles. The van der Waals surface area contributed by atoms with E-state index in [1.807, 2.05) is 19.4 Å². The van der Waals surface area contributed by atoms with Crippen molar-refractivity contribution in [3.05, 3.63) is 16.6 Å². The standard InChI is InChI=1S/C11H17N3O2S/c1-7(11-13-3-4-17-11)14-10(15)8-5-16-6-9(8)12-2/h3-4,7-9,12H,5-6H2,1-2H3,(H,14,15). The van der Waals surface area contributed by atoms with Crippen LogP contribution in [0.4, 0.5) is 0 Å². The maximum absolute atomic E-state index is 12.1. The Hall–Kier alpha value is -0.980. The molecule has 3 unspecified atom stereocenters. The van der Waals surface area contributed by atoms with Gasteiger partial charge in [0.1, 0.15) is 5.01 Å². The van der Waals surface area contributed by atoms with Crippen molar-refractivity contribution < 1.29 is 9.53 Å². The summed E-state index contributed by atoms with van der Waals surface area (Å²) in [7, 11) is 1.85. The highest BCUT2D eigenvalue weighted by Gasteiger charge is 2.33. The van der Waals surface area contributed by atoms with E-state index in [9.17, 15) is 4.79 Å². The van der Waals surface area contributed by atoms with Crippen molar-refractivity contribution in [1.82, 2.24) is 15.6 Å². The van der Waals surface area contributed by atoms with Crippen LogP contribution in [0.2, 0.25) is 0 Å². The highest BCUT2D eigenvalue weighted by molar-refractivity contribution is 7.09. The van der Waals surface area contributed by atoms with Gasteiger partial charge in [-0.25, -0.2) is 4.98 Å². The molecule has 1 amide bonds. The zero-order chi connectivity index (χ0) is 12.3. The van der Waals surface area contributed by atoms with Gasteiger partial charge in [-0.1, -0.05) is 0 Å². The number of carbonyl (C=O) groups excluding carboxylic acids is 1. The van der Waals surface area contributed by atoms with Gasteiger partial charge in [-0.05, 0) is 14.0 Å². The molecule has 17 heavy (non-hydrogen) atoms. The molecule has 1 saturated heterocycles. The summed E-state index contributed by atoms with van der Waals surface area (Å²) in [6, 6.07) is 0.0686. The minimum Gasteiger partial charge on any atom is -0.379 e. The molecule has 2 N–H and O–H groups in total. The third kappa shape index (κ3) is 2.83. The zero-order valence-corrected chi connectivity index (χ0v) is 10.8. The van der Waals surface area contributed by atoms with Crippen LogP contribution in [0.3, 0.4) is 0 Å². The van der Waals surface area contributed by atoms with E-state index in [1.54, 1.807) is 17.5 Å². The lowest BCUT2D eigenvalue weighted by Gasteiger charge is -2.18. The number of thiazole rings is 1. The zero-order valence-electron chi connectivity index (χ0n) is 9.97. The number of hydrogen-bond donors (Lipinski definition) is 2. The maximum atomic E-state index is 12.1. The van der Waals surface area contributed by atoms with E-state index in [2.05, 4.69) is 15.6 Å². The summed E-state index contributed by atoms with van der Waals surface area (Å²) in [4.78, 5) is 16.3. The molecule has 6 heteroatoms. The highest BCUT2D eigenvalue weighted by atomic mass is 32.1. The lowest BCUT2D eigenvalue weighted by molar-refractivity contribution is -0.126. The smallest absolute Gasteiger partial charge is 0.227 e. The number of amides is 1. The largest absolute Gasteiger partial charge is 0.379 e. The molecule has 0 aromatic carbocycles. The number of aromatic nitrogens is 1. The molecular formula is C11H17N3O2S. The molecule has 0 radical (unpaired) electrons. The number of rotatable bonds is 4. The molecule has 0 bridgehead atoms. The predicted molar refractivity (Wildman–Crippen MR) is 65.8 cm³/mol. The third-order valence-electron chi connectivity index (χ3n) is 2.97. The molecule has 5 nitrogen and oxygen atoms in total. The number of nitrogens with one attached hydrogen (secondary N) is 2. The Morgan fingerprint density at radius 1 is 1.65 bits per heavy atom. The molecule has 2 rings (SSSR count). The average molecular weight is 255 g/mol. The Morgan fingerprint density at radius 2 is 2.47 bits per heavy atom. The van der Waals surface area contributed by atoms with Crippen molar-refractivity contribution in [2.45, 2.75) is 19.0 Å². The Labute approximate surface area is 105 Å². The molecule has 1 aliphatic rings. The van der Waals surface area contributed by atoms with Crippen LogP contribution in [0.25, 0.3) is 0 Å². The molecule has 1 fully saturated rings. The molecule has 0 saturated carbocycles. The summed E-state index contributed by atoms with van der Waals surface area (Å²) < 4.78 is 5.32. The fourth-order valence-corrected chi connectivity index (χ4v) is 2.57. The Bertz CT molecular complexity index is 369. The van der Waals surface area contributed by atoms with Crippen molar-refractivity contribution >= 4 is 17.2 Å². The van der Waals surface area contributed by atoms with E-state index in [0.29, 0.717) is 13.2 Å². The average Bonchev–Trinajstić information content (AvgIpc) is 2.99. The van der Waals surface area contributed by atoms with Crippen molar-refractivity contribution in [3.63, 3.8) is 0 Å². The SMILES string of the molecule is CNC1COCC1C(=O)NC(C)c1nccs1. The van der Waals surface area contributed by atoms with Crippen LogP contribution in [-0.2, 0) is 9.53 Å². The molecule has 0 spiro atoms. The van der Waals surface area contributed by atoms with Crippen LogP contribution in [0.5, 0.6) is 0 Å². The molecule has 94 valence electrons. The summed E-state index contributed by atoms with van der Waals surface area (Å²) >= 11 is 1.55. The quantitative estimate of drug-likeness (QED) is 0.825. The molecule has 1 aromatic heterocycles. The van der Waals surface area contributed by atoms with Crippen molar-refractivity contribution in [3.8, 4) is 0 Å². The van der Waals surface area contributed by atoms with E-state index in [1.165, 1.54) is 0 Å². The van der Waals surface area contributed by atoms with Crippen LogP contribution in [0.1, 0.15) is 18.0 Å². The predicted octanol–water partition coefficient (Wildman–Crippen LogP) is 0.555. The van der Waals surface area contributed by atoms with Crippen LogP contribution in [-0.4, -0.2) is 37.2 Å². The maximum Gasteiger partial charge on any atom is 0.227 e. The van der Waals surface area contributed by atoms with Gasteiger partial charge in [0.05, 0.1) is 25.2 Å². The van der Waals surface area contributed by atoms with E-state index in [-0.39, 0.29) is 23.9 Å². The van der Waals surface area contributed by atoms with Crippen molar-refractivity contribution in [2.75, 3.05) is 20.3 Å². The van der Waals surface area contributed by atoms with Gasteiger partial charge in [-0.15, -0.1) is 11.3 Å². The number of ether oxygens (including phenoxy) is 1. The van der Waals surface area contributed by atoms with E-state index < -0.39 is 0 Å². The number of hydrogen-bond acceptors (Lipinski definition) is 5. The lowest BCUT2D eigenvalue weighted by Crippen LogP contribution is -2.43. The van der Waals surface area contributed by atoms with Gasteiger partial charge < -0.3 is 15.4 Å². The second-order valence-corrected chi connectivity index (χ2v) is 5.07. The molecule has 0 aliphatic carbocycles. The van der Waals surface area contributed by atoms with Gasteiger partial charge in [0, 0.05) is 17.6 Å². The van der Waals surface area contributed by atoms with Gasteiger partial charge >= 0.3 is 0 Å². The van der Waals surface area contributed by atoms with Gasteiger partial charge in [-0.2, -0.15) is 0 Å². The number of nitrogens with zero attached hydrogens (tertiary/aromatic N) is 1. The summed E-state index contributed by atoms with van der Waals surface area (Å²) in [6.45, 7) is 3.03. The minimum atomic E-state index is -0.109. The normalized spacial score (nSPS) is 25.8. The van der Waals surface area contributed by atoms with Crippen molar-refractivity contribution in [2.24, 2.45) is 5.92 Å². The number of carbonyl (C=O) groups is 1. The Kier molecular flexibility index (Phi) is 4.09. The fourth-order valence-electron chi connectivity index (χ4n) is 1.93. The van der Waals surface area contributed by atoms with Crippen molar-refractivity contribution in [1.29, 1.82) is 0 Å². The Morgan fingerprint density at radius 3 is 3.12 bits per heavy atom. The highest BCUT2D eigenvalue weighted by Crippen LogP contribution is 2.18. The first-order chi connectivity index (χ1) is 8.22. The van der Waals surface area contributed by atoms with Gasteiger partial charge in [0.15, 0.2) is 0 Å².